The quantitative estimate of drug-likeness (QED) is 0.731. The fraction of sp³-hybridized carbons (Fsp3) is 0.667. The van der Waals surface area contributed by atoms with Crippen molar-refractivity contribution in [3.8, 4) is 0 Å². The van der Waals surface area contributed by atoms with Gasteiger partial charge in [0.1, 0.15) is 17.2 Å². The molecule has 1 atom stereocenters. The van der Waals surface area contributed by atoms with Crippen LogP contribution >= 0.6 is 0 Å². The maximum Gasteiger partial charge on any atom is 0.408 e. The first-order valence-corrected chi connectivity index (χ1v) is 8.75. The SMILES string of the molecule is CC(=O)C1=C(C(=O)OC(C)(C)C)N2C(=O)[C@@H](NC(=O)OC(C)(C)C)CN2C1. The van der Waals surface area contributed by atoms with E-state index in [2.05, 4.69) is 5.32 Å². The third kappa shape index (κ3) is 4.85. The second kappa shape index (κ2) is 6.95. The molecule has 0 saturated carbocycles. The molecule has 9 heteroatoms. The monoisotopic (exact) mass is 381 g/mol. The molecule has 0 bridgehead atoms. The Kier molecular flexibility index (Phi) is 5.38. The Morgan fingerprint density at radius 3 is 2.07 bits per heavy atom. The molecule has 2 aliphatic heterocycles. The number of alkyl carbamates (subject to hydrolysis) is 1. The van der Waals surface area contributed by atoms with Crippen LogP contribution in [0.3, 0.4) is 0 Å². The fourth-order valence-corrected chi connectivity index (χ4v) is 2.80. The zero-order valence-electron chi connectivity index (χ0n) is 16.8. The van der Waals surface area contributed by atoms with E-state index in [0.29, 0.717) is 0 Å². The third-order valence-electron chi connectivity index (χ3n) is 3.73. The molecule has 0 spiro atoms. The smallest absolute Gasteiger partial charge is 0.408 e. The zero-order valence-corrected chi connectivity index (χ0v) is 16.8. The molecule has 2 heterocycles. The summed E-state index contributed by atoms with van der Waals surface area (Å²) in [5, 5.41) is 5.19. The Morgan fingerprint density at radius 2 is 1.59 bits per heavy atom. The lowest BCUT2D eigenvalue weighted by Crippen LogP contribution is -2.45. The minimum Gasteiger partial charge on any atom is -0.455 e. The number of hydrazine groups is 1. The van der Waals surface area contributed by atoms with E-state index in [9.17, 15) is 19.2 Å². The van der Waals surface area contributed by atoms with Crippen LogP contribution in [0.5, 0.6) is 0 Å². The van der Waals surface area contributed by atoms with E-state index in [-0.39, 0.29) is 30.1 Å². The summed E-state index contributed by atoms with van der Waals surface area (Å²) in [7, 11) is 0. The van der Waals surface area contributed by atoms with Crippen LogP contribution in [0.25, 0.3) is 0 Å². The van der Waals surface area contributed by atoms with Gasteiger partial charge in [-0.15, -0.1) is 0 Å². The highest BCUT2D eigenvalue weighted by Crippen LogP contribution is 2.31. The molecule has 0 aromatic carbocycles. The zero-order chi connectivity index (χ0) is 20.7. The molecule has 0 aliphatic carbocycles. The standard InChI is InChI=1S/C18H27N3O6/c1-10(22)11-8-20-9-12(19-16(25)27-18(5,6)7)14(23)21(20)13(11)15(24)26-17(2,3)4/h12H,8-9H2,1-7H3,(H,19,25)/t12-/m0/s1. The number of hydrogen-bond donors (Lipinski definition) is 1. The van der Waals surface area contributed by atoms with E-state index >= 15 is 0 Å². The van der Waals surface area contributed by atoms with E-state index in [1.165, 1.54) is 6.92 Å². The maximum absolute atomic E-state index is 12.8. The number of esters is 1. The molecule has 0 aromatic heterocycles. The van der Waals surface area contributed by atoms with Crippen LogP contribution in [0.4, 0.5) is 4.79 Å². The second-order valence-corrected chi connectivity index (χ2v) is 8.58. The average Bonchev–Trinajstić information content (AvgIpc) is 2.93. The van der Waals surface area contributed by atoms with Gasteiger partial charge in [0.05, 0.1) is 0 Å². The molecule has 1 saturated heterocycles. The number of carbonyl (C=O) groups is 4. The van der Waals surface area contributed by atoms with E-state index in [1.807, 2.05) is 0 Å². The summed E-state index contributed by atoms with van der Waals surface area (Å²) >= 11 is 0. The summed E-state index contributed by atoms with van der Waals surface area (Å²) in [6, 6.07) is -0.884. The van der Waals surface area contributed by atoms with Crippen molar-refractivity contribution in [1.82, 2.24) is 15.3 Å². The summed E-state index contributed by atoms with van der Waals surface area (Å²) < 4.78 is 10.5. The minimum atomic E-state index is -0.884. The summed E-state index contributed by atoms with van der Waals surface area (Å²) in [6.45, 7) is 11.8. The van der Waals surface area contributed by atoms with E-state index in [0.717, 1.165) is 5.01 Å². The van der Waals surface area contributed by atoms with Gasteiger partial charge in [0.15, 0.2) is 11.5 Å². The summed E-state index contributed by atoms with van der Waals surface area (Å²) in [6.07, 6.45) is -0.724. The molecule has 27 heavy (non-hydrogen) atoms. The largest absolute Gasteiger partial charge is 0.455 e. The number of hydrogen-bond acceptors (Lipinski definition) is 7. The summed E-state index contributed by atoms with van der Waals surface area (Å²) in [5.74, 6) is -1.57. The summed E-state index contributed by atoms with van der Waals surface area (Å²) in [5.41, 5.74) is -1.36. The van der Waals surface area contributed by atoms with Crippen LogP contribution in [0.1, 0.15) is 48.5 Å². The molecule has 0 unspecified atom stereocenters. The normalized spacial score (nSPS) is 20.6. The van der Waals surface area contributed by atoms with Crippen LogP contribution in [0, 0.1) is 0 Å². The van der Waals surface area contributed by atoms with Crippen LogP contribution in [-0.4, -0.2) is 64.1 Å². The fourth-order valence-electron chi connectivity index (χ4n) is 2.80. The molecular weight excluding hydrogens is 354 g/mol. The van der Waals surface area contributed by atoms with Gasteiger partial charge in [0, 0.05) is 18.7 Å². The van der Waals surface area contributed by atoms with Crippen LogP contribution in [0.2, 0.25) is 0 Å². The number of rotatable bonds is 3. The van der Waals surface area contributed by atoms with Gasteiger partial charge in [-0.25, -0.2) is 19.6 Å². The number of amides is 2. The minimum absolute atomic E-state index is 0.0871. The molecular formula is C18H27N3O6. The second-order valence-electron chi connectivity index (χ2n) is 8.58. The van der Waals surface area contributed by atoms with Gasteiger partial charge in [0.25, 0.3) is 5.91 Å². The number of carbonyl (C=O) groups excluding carboxylic acids is 4. The molecule has 150 valence electrons. The molecule has 2 aliphatic rings. The van der Waals surface area contributed by atoms with Crippen LogP contribution in [-0.2, 0) is 23.9 Å². The molecule has 9 nitrogen and oxygen atoms in total. The number of nitrogens with one attached hydrogen (secondary N) is 1. The van der Waals surface area contributed by atoms with Crippen molar-refractivity contribution < 1.29 is 28.7 Å². The molecule has 2 amide bonds. The van der Waals surface area contributed by atoms with Gasteiger partial charge in [-0.05, 0) is 48.5 Å². The molecule has 1 fully saturated rings. The van der Waals surface area contributed by atoms with Crippen LogP contribution in [0.15, 0.2) is 11.3 Å². The number of ether oxygens (including phenoxy) is 2. The average molecular weight is 381 g/mol. The van der Waals surface area contributed by atoms with Gasteiger partial charge < -0.3 is 14.8 Å². The maximum atomic E-state index is 12.8. The van der Waals surface area contributed by atoms with Crippen LogP contribution < -0.4 is 5.32 Å². The first kappa shape index (κ1) is 20.9. The molecule has 0 aromatic rings. The van der Waals surface area contributed by atoms with Crippen molar-refractivity contribution in [1.29, 1.82) is 0 Å². The first-order valence-electron chi connectivity index (χ1n) is 8.75. The van der Waals surface area contributed by atoms with Gasteiger partial charge in [-0.3, -0.25) is 9.59 Å². The highest BCUT2D eigenvalue weighted by molar-refractivity contribution is 6.07. The number of fused-ring (bicyclic) bond motifs is 1. The van der Waals surface area contributed by atoms with Crippen molar-refractivity contribution in [2.75, 3.05) is 13.1 Å². The predicted molar refractivity (Wildman–Crippen MR) is 95.1 cm³/mol. The molecule has 1 N–H and O–H groups in total. The van der Waals surface area contributed by atoms with E-state index in [4.69, 9.17) is 9.47 Å². The highest BCUT2D eigenvalue weighted by atomic mass is 16.6. The lowest BCUT2D eigenvalue weighted by molar-refractivity contribution is -0.156. The Morgan fingerprint density at radius 1 is 1.04 bits per heavy atom. The van der Waals surface area contributed by atoms with Crippen molar-refractivity contribution in [3.63, 3.8) is 0 Å². The topological polar surface area (TPSA) is 105 Å². The van der Waals surface area contributed by atoms with Crippen molar-refractivity contribution >= 4 is 23.8 Å². The summed E-state index contributed by atoms with van der Waals surface area (Å²) in [4.78, 5) is 49.3. The van der Waals surface area contributed by atoms with Crippen molar-refractivity contribution in [3.05, 3.63) is 11.3 Å². The van der Waals surface area contributed by atoms with Crippen molar-refractivity contribution in [2.45, 2.75) is 65.7 Å². The Balaban J connectivity index is 2.22. The van der Waals surface area contributed by atoms with E-state index < -0.39 is 35.2 Å². The lowest BCUT2D eigenvalue weighted by Gasteiger charge is -2.24. The van der Waals surface area contributed by atoms with Crippen molar-refractivity contribution in [2.24, 2.45) is 0 Å². The highest BCUT2D eigenvalue weighted by Gasteiger charge is 2.49. The Hall–Kier alpha value is -2.42. The van der Waals surface area contributed by atoms with Gasteiger partial charge in [0.2, 0.25) is 0 Å². The van der Waals surface area contributed by atoms with E-state index in [1.54, 1.807) is 46.6 Å². The number of ketones is 1. The van der Waals surface area contributed by atoms with Gasteiger partial charge >= 0.3 is 12.1 Å². The molecule has 0 radical (unpaired) electrons. The first-order chi connectivity index (χ1) is 12.2. The number of Topliss-reactive ketones (excluding diaryl/α,β-unsaturated/α-hetero) is 1. The Bertz CT molecular complexity index is 714. The molecule has 2 rings (SSSR count). The Labute approximate surface area is 158 Å². The predicted octanol–water partition coefficient (Wildman–Crippen LogP) is 1.14. The lowest BCUT2D eigenvalue weighted by atomic mass is 10.1. The van der Waals surface area contributed by atoms with Gasteiger partial charge in [-0.1, -0.05) is 0 Å². The number of nitrogens with zero attached hydrogens (tertiary/aromatic N) is 2. The third-order valence-corrected chi connectivity index (χ3v) is 3.73. The van der Waals surface area contributed by atoms with Gasteiger partial charge in [-0.2, -0.15) is 0 Å².